The highest BCUT2D eigenvalue weighted by molar-refractivity contribution is 7.18. The van der Waals surface area contributed by atoms with Gasteiger partial charge in [0.1, 0.15) is 5.01 Å². The van der Waals surface area contributed by atoms with E-state index in [1.54, 1.807) is 17.5 Å². The zero-order chi connectivity index (χ0) is 19.8. The first-order valence-electron chi connectivity index (χ1n) is 10.2. The number of hydrogen-bond acceptors (Lipinski definition) is 4. The molecular weight excluding hydrogens is 376 g/mol. The molecule has 5 rings (SSSR count). The first-order valence-corrected chi connectivity index (χ1v) is 11.0. The quantitative estimate of drug-likeness (QED) is 0.584. The number of aromatic nitrogens is 2. The summed E-state index contributed by atoms with van der Waals surface area (Å²) in [6, 6.07) is 14.6. The number of nitrogens with zero attached hydrogens (tertiary/aromatic N) is 2. The van der Waals surface area contributed by atoms with Crippen LogP contribution in [0.4, 0.5) is 0 Å². The molecule has 0 amide bonds. The molecule has 0 spiro atoms. The molecule has 4 heteroatoms. The van der Waals surface area contributed by atoms with Crippen molar-refractivity contribution in [3.63, 3.8) is 0 Å². The zero-order valence-corrected chi connectivity index (χ0v) is 17.3. The van der Waals surface area contributed by atoms with Crippen molar-refractivity contribution in [2.24, 2.45) is 5.92 Å². The third kappa shape index (κ3) is 3.70. The van der Waals surface area contributed by atoms with Gasteiger partial charge in [-0.3, -0.25) is 4.98 Å². The van der Waals surface area contributed by atoms with Gasteiger partial charge in [-0.2, -0.15) is 0 Å². The Bertz CT molecular complexity index is 1060. The lowest BCUT2D eigenvalue weighted by Gasteiger charge is -2.42. The normalized spacial score (nSPS) is 26.1. The Hall–Kier alpha value is -2.56. The third-order valence-corrected chi connectivity index (χ3v) is 7.09. The van der Waals surface area contributed by atoms with E-state index in [0.29, 0.717) is 5.92 Å². The monoisotopic (exact) mass is 400 g/mol. The van der Waals surface area contributed by atoms with E-state index in [-0.39, 0.29) is 5.92 Å². The summed E-state index contributed by atoms with van der Waals surface area (Å²) in [5, 5.41) is 11.1. The molecule has 2 aliphatic carbocycles. The van der Waals surface area contributed by atoms with Crippen LogP contribution in [0.1, 0.15) is 37.8 Å². The van der Waals surface area contributed by atoms with Gasteiger partial charge in [0.2, 0.25) is 0 Å². The van der Waals surface area contributed by atoms with E-state index in [4.69, 9.17) is 4.98 Å². The second-order valence-electron chi connectivity index (χ2n) is 8.35. The van der Waals surface area contributed by atoms with Gasteiger partial charge >= 0.3 is 0 Å². The molecule has 1 atom stereocenters. The van der Waals surface area contributed by atoms with E-state index in [1.165, 1.54) is 16.0 Å². The average molecular weight is 401 g/mol. The molecule has 2 aliphatic rings. The molecule has 1 saturated carbocycles. The summed E-state index contributed by atoms with van der Waals surface area (Å²) in [4.78, 5) is 10.6. The van der Waals surface area contributed by atoms with Crippen LogP contribution < -0.4 is 0 Å². The second kappa shape index (κ2) is 7.36. The van der Waals surface area contributed by atoms with Crippen LogP contribution in [0.25, 0.3) is 21.0 Å². The molecule has 146 valence electrons. The molecule has 3 aromatic rings. The molecule has 0 aliphatic heterocycles. The van der Waals surface area contributed by atoms with Crippen molar-refractivity contribution in [2.45, 2.75) is 37.7 Å². The van der Waals surface area contributed by atoms with Crippen molar-refractivity contribution in [1.82, 2.24) is 9.97 Å². The number of hydrogen-bond donors (Lipinski definition) is 1. The van der Waals surface area contributed by atoms with Crippen LogP contribution >= 0.6 is 11.3 Å². The minimum atomic E-state index is -0.482. The lowest BCUT2D eigenvalue weighted by atomic mass is 9.67. The lowest BCUT2D eigenvalue weighted by molar-refractivity contribution is -0.0441. The van der Waals surface area contributed by atoms with Crippen molar-refractivity contribution in [2.75, 3.05) is 0 Å². The molecule has 2 aromatic heterocycles. The van der Waals surface area contributed by atoms with Gasteiger partial charge in [-0.05, 0) is 55.4 Å². The standard InChI is InChI=1S/C25H24N2OS/c1-25(28)14-21(15-25)17-9-11-18(12-10-17)22-23(19-6-3-2-4-7-19)29-24(27-22)20-8-5-13-26-16-20/h2-11,13,16,18,21,28H,12,14-15H2,1H3. The van der Waals surface area contributed by atoms with Crippen molar-refractivity contribution in [3.05, 3.63) is 84.4 Å². The number of benzene rings is 1. The van der Waals surface area contributed by atoms with Crippen molar-refractivity contribution in [3.8, 4) is 21.0 Å². The second-order valence-corrected chi connectivity index (χ2v) is 9.35. The highest BCUT2D eigenvalue weighted by Gasteiger charge is 2.39. The first kappa shape index (κ1) is 18.5. The van der Waals surface area contributed by atoms with Gasteiger partial charge in [0.25, 0.3) is 0 Å². The maximum absolute atomic E-state index is 10.1. The SMILES string of the molecule is CC1(O)CC(C2=CCC(c3nc(-c4cccnc4)sc3-c3ccccc3)C=C2)C1. The van der Waals surface area contributed by atoms with Crippen LogP contribution in [0.3, 0.4) is 0 Å². The molecule has 2 heterocycles. The lowest BCUT2D eigenvalue weighted by Crippen LogP contribution is -2.41. The Kier molecular flexibility index (Phi) is 4.69. The Morgan fingerprint density at radius 1 is 1.07 bits per heavy atom. The molecule has 1 N–H and O–H groups in total. The van der Waals surface area contributed by atoms with Crippen molar-refractivity contribution in [1.29, 1.82) is 0 Å². The van der Waals surface area contributed by atoms with Gasteiger partial charge in [0.15, 0.2) is 0 Å². The number of thiazole rings is 1. The van der Waals surface area contributed by atoms with E-state index in [9.17, 15) is 5.11 Å². The van der Waals surface area contributed by atoms with E-state index in [0.717, 1.165) is 35.5 Å². The van der Waals surface area contributed by atoms with E-state index < -0.39 is 5.60 Å². The molecule has 0 radical (unpaired) electrons. The van der Waals surface area contributed by atoms with Crippen molar-refractivity contribution >= 4 is 11.3 Å². The highest BCUT2D eigenvalue weighted by Crippen LogP contribution is 2.45. The number of aliphatic hydroxyl groups is 1. The molecular formula is C25H24N2OS. The Labute approximate surface area is 175 Å². The van der Waals surface area contributed by atoms with E-state index in [2.05, 4.69) is 59.6 Å². The largest absolute Gasteiger partial charge is 0.390 e. The van der Waals surface area contributed by atoms with Gasteiger partial charge in [-0.15, -0.1) is 11.3 Å². The Morgan fingerprint density at radius 2 is 1.86 bits per heavy atom. The molecule has 29 heavy (non-hydrogen) atoms. The van der Waals surface area contributed by atoms with Crippen LogP contribution in [0.15, 0.2) is 78.7 Å². The fourth-order valence-electron chi connectivity index (χ4n) is 4.37. The zero-order valence-electron chi connectivity index (χ0n) is 16.5. The summed E-state index contributed by atoms with van der Waals surface area (Å²) in [5.41, 5.74) is 4.32. The highest BCUT2D eigenvalue weighted by atomic mass is 32.1. The fourth-order valence-corrected chi connectivity index (χ4v) is 5.50. The van der Waals surface area contributed by atoms with Crippen LogP contribution in [0.2, 0.25) is 0 Å². The molecule has 1 fully saturated rings. The minimum Gasteiger partial charge on any atom is -0.390 e. The summed E-state index contributed by atoms with van der Waals surface area (Å²) in [6.07, 6.45) is 13.3. The fraction of sp³-hybridized carbons (Fsp3) is 0.280. The summed E-state index contributed by atoms with van der Waals surface area (Å²) >= 11 is 1.74. The van der Waals surface area contributed by atoms with E-state index >= 15 is 0 Å². The summed E-state index contributed by atoms with van der Waals surface area (Å²) in [7, 11) is 0. The molecule has 1 unspecified atom stereocenters. The van der Waals surface area contributed by atoms with Gasteiger partial charge in [-0.1, -0.05) is 48.6 Å². The average Bonchev–Trinajstić information content (AvgIpc) is 3.19. The molecule has 3 nitrogen and oxygen atoms in total. The summed E-state index contributed by atoms with van der Waals surface area (Å²) in [5.74, 6) is 0.772. The maximum atomic E-state index is 10.1. The number of rotatable bonds is 4. The van der Waals surface area contributed by atoms with Crippen LogP contribution in [0, 0.1) is 5.92 Å². The number of allylic oxidation sites excluding steroid dienone is 4. The van der Waals surface area contributed by atoms with Gasteiger partial charge in [-0.25, -0.2) is 4.98 Å². The minimum absolute atomic E-state index is 0.274. The first-order chi connectivity index (χ1) is 14.1. The van der Waals surface area contributed by atoms with Gasteiger partial charge < -0.3 is 5.11 Å². The molecule has 0 bridgehead atoms. The predicted octanol–water partition coefficient (Wildman–Crippen LogP) is 6.00. The third-order valence-electron chi connectivity index (χ3n) is 5.92. The number of pyridine rings is 1. The Balaban J connectivity index is 1.46. The Morgan fingerprint density at radius 3 is 2.52 bits per heavy atom. The van der Waals surface area contributed by atoms with Gasteiger partial charge in [0, 0.05) is 23.9 Å². The topological polar surface area (TPSA) is 46.0 Å². The molecule has 0 saturated heterocycles. The smallest absolute Gasteiger partial charge is 0.125 e. The van der Waals surface area contributed by atoms with Crippen molar-refractivity contribution < 1.29 is 5.11 Å². The van der Waals surface area contributed by atoms with Gasteiger partial charge in [0.05, 0.1) is 16.2 Å². The summed E-state index contributed by atoms with van der Waals surface area (Å²) < 4.78 is 0. The predicted molar refractivity (Wildman–Crippen MR) is 119 cm³/mol. The van der Waals surface area contributed by atoms with E-state index in [1.807, 2.05) is 19.2 Å². The molecule has 1 aromatic carbocycles. The summed E-state index contributed by atoms with van der Waals surface area (Å²) in [6.45, 7) is 1.93. The van der Waals surface area contributed by atoms with Crippen LogP contribution in [-0.2, 0) is 0 Å². The van der Waals surface area contributed by atoms with Crippen LogP contribution in [0.5, 0.6) is 0 Å². The van der Waals surface area contributed by atoms with Crippen LogP contribution in [-0.4, -0.2) is 20.7 Å². The maximum Gasteiger partial charge on any atom is 0.125 e.